The van der Waals surface area contributed by atoms with Crippen LogP contribution in [0.25, 0.3) is 0 Å². The zero-order chi connectivity index (χ0) is 25.1. The number of anilines is 2. The Hall–Kier alpha value is -3.15. The number of hydrogen-bond acceptors (Lipinski definition) is 6. The van der Waals surface area contributed by atoms with Gasteiger partial charge in [0.25, 0.3) is 0 Å². The Morgan fingerprint density at radius 2 is 1.71 bits per heavy atom. The molecule has 0 spiro atoms. The number of alkyl halides is 3. The number of methoxy groups -OCH3 is 2. The third-order valence-corrected chi connectivity index (χ3v) is 6.63. The fourth-order valence-electron chi connectivity index (χ4n) is 3.69. The molecule has 0 unspecified atom stereocenters. The summed E-state index contributed by atoms with van der Waals surface area (Å²) in [6, 6.07) is 9.61. The largest absolute Gasteiger partial charge is 0.497 e. The molecular formula is C22H26F3N3O5S. The summed E-state index contributed by atoms with van der Waals surface area (Å²) in [5.41, 5.74) is -0.120. The van der Waals surface area contributed by atoms with E-state index in [2.05, 4.69) is 0 Å². The molecule has 1 aliphatic heterocycles. The molecule has 0 N–H and O–H groups in total. The first-order valence-electron chi connectivity index (χ1n) is 10.3. The summed E-state index contributed by atoms with van der Waals surface area (Å²) in [5.74, 6) is 0.269. The first kappa shape index (κ1) is 25.5. The molecule has 34 heavy (non-hydrogen) atoms. The molecule has 186 valence electrons. The smallest absolute Gasteiger partial charge is 0.416 e. The van der Waals surface area contributed by atoms with Gasteiger partial charge in [0.05, 0.1) is 31.7 Å². The molecule has 12 heteroatoms. The highest BCUT2D eigenvalue weighted by atomic mass is 32.2. The zero-order valence-corrected chi connectivity index (χ0v) is 19.8. The van der Waals surface area contributed by atoms with E-state index in [1.165, 1.54) is 37.3 Å². The predicted molar refractivity (Wildman–Crippen MR) is 122 cm³/mol. The van der Waals surface area contributed by atoms with Crippen molar-refractivity contribution >= 4 is 27.3 Å². The van der Waals surface area contributed by atoms with Crippen molar-refractivity contribution in [3.8, 4) is 11.5 Å². The Morgan fingerprint density at radius 3 is 2.26 bits per heavy atom. The molecule has 0 radical (unpaired) electrons. The minimum atomic E-state index is -4.44. The minimum absolute atomic E-state index is 0.196. The van der Waals surface area contributed by atoms with E-state index in [1.54, 1.807) is 17.0 Å². The van der Waals surface area contributed by atoms with E-state index in [4.69, 9.17) is 9.47 Å². The average molecular weight is 502 g/mol. The van der Waals surface area contributed by atoms with E-state index < -0.39 is 34.2 Å². The standard InChI is InChI=1S/C22H26F3N3O5S/c1-32-18-7-8-19(20(14-18)33-2)28(34(3,30)31)15-21(29)27-11-9-26(10-12-27)17-6-4-5-16(13-17)22(23,24)25/h4-8,13-14H,9-12,15H2,1-3H3. The van der Waals surface area contributed by atoms with Crippen LogP contribution in [0.15, 0.2) is 42.5 Å². The summed E-state index contributed by atoms with van der Waals surface area (Å²) in [6.45, 7) is 0.680. The van der Waals surface area contributed by atoms with E-state index in [0.29, 0.717) is 24.5 Å². The first-order valence-corrected chi connectivity index (χ1v) is 12.2. The Balaban J connectivity index is 1.72. The van der Waals surface area contributed by atoms with Crippen LogP contribution in [0.2, 0.25) is 0 Å². The van der Waals surface area contributed by atoms with Gasteiger partial charge in [0, 0.05) is 37.9 Å². The van der Waals surface area contributed by atoms with E-state index >= 15 is 0 Å². The fourth-order valence-corrected chi connectivity index (χ4v) is 4.54. The Bertz CT molecular complexity index is 1130. The molecule has 3 rings (SSSR count). The molecule has 0 saturated carbocycles. The van der Waals surface area contributed by atoms with E-state index in [9.17, 15) is 26.4 Å². The highest BCUT2D eigenvalue weighted by Gasteiger charge is 2.32. The van der Waals surface area contributed by atoms with Gasteiger partial charge in [-0.05, 0) is 30.3 Å². The van der Waals surface area contributed by atoms with Crippen molar-refractivity contribution < 1.29 is 35.9 Å². The van der Waals surface area contributed by atoms with E-state index in [0.717, 1.165) is 22.7 Å². The number of benzene rings is 2. The number of amides is 1. The summed E-state index contributed by atoms with van der Waals surface area (Å²) >= 11 is 0. The highest BCUT2D eigenvalue weighted by Crippen LogP contribution is 2.34. The van der Waals surface area contributed by atoms with Crippen LogP contribution < -0.4 is 18.7 Å². The average Bonchev–Trinajstić information content (AvgIpc) is 2.81. The second-order valence-corrected chi connectivity index (χ2v) is 9.63. The number of halogens is 3. The Morgan fingerprint density at radius 1 is 1.03 bits per heavy atom. The third kappa shape index (κ3) is 5.85. The number of piperazine rings is 1. The van der Waals surface area contributed by atoms with E-state index in [1.807, 2.05) is 0 Å². The quantitative estimate of drug-likeness (QED) is 0.581. The summed E-state index contributed by atoms with van der Waals surface area (Å²) < 4.78 is 75.4. The van der Waals surface area contributed by atoms with Gasteiger partial charge in [-0.3, -0.25) is 9.10 Å². The Kier molecular flexibility index (Phi) is 7.49. The number of ether oxygens (including phenoxy) is 2. The van der Waals surface area contributed by atoms with Gasteiger partial charge in [-0.1, -0.05) is 6.07 Å². The van der Waals surface area contributed by atoms with Crippen LogP contribution in [0.3, 0.4) is 0 Å². The molecule has 1 heterocycles. The van der Waals surface area contributed by atoms with Crippen molar-refractivity contribution in [1.29, 1.82) is 0 Å². The van der Waals surface area contributed by atoms with Gasteiger partial charge >= 0.3 is 6.18 Å². The molecular weight excluding hydrogens is 475 g/mol. The minimum Gasteiger partial charge on any atom is -0.497 e. The van der Waals surface area contributed by atoms with Crippen LogP contribution in [-0.4, -0.2) is 72.4 Å². The molecule has 8 nitrogen and oxygen atoms in total. The lowest BCUT2D eigenvalue weighted by Crippen LogP contribution is -2.52. The lowest BCUT2D eigenvalue weighted by atomic mass is 10.1. The van der Waals surface area contributed by atoms with Gasteiger partial charge in [-0.25, -0.2) is 8.42 Å². The van der Waals surface area contributed by atoms with Crippen LogP contribution in [0.1, 0.15) is 5.56 Å². The molecule has 1 aliphatic rings. The normalized spacial score (nSPS) is 14.6. The van der Waals surface area contributed by atoms with Crippen molar-refractivity contribution in [3.05, 3.63) is 48.0 Å². The first-order chi connectivity index (χ1) is 15.9. The summed E-state index contributed by atoms with van der Waals surface area (Å²) in [5, 5.41) is 0. The molecule has 2 aromatic carbocycles. The number of carbonyl (C=O) groups is 1. The number of hydrogen-bond donors (Lipinski definition) is 0. The monoisotopic (exact) mass is 501 g/mol. The van der Waals surface area contributed by atoms with Gasteiger partial charge in [0.2, 0.25) is 15.9 Å². The highest BCUT2D eigenvalue weighted by molar-refractivity contribution is 7.92. The number of carbonyl (C=O) groups excluding carboxylic acids is 1. The lowest BCUT2D eigenvalue weighted by Gasteiger charge is -2.37. The molecule has 1 fully saturated rings. The SMILES string of the molecule is COc1ccc(N(CC(=O)N2CCN(c3cccc(C(F)(F)F)c3)CC2)S(C)(=O)=O)c(OC)c1. The third-order valence-electron chi connectivity index (χ3n) is 5.51. The lowest BCUT2D eigenvalue weighted by molar-refractivity contribution is -0.137. The zero-order valence-electron chi connectivity index (χ0n) is 19.0. The van der Waals surface area contributed by atoms with E-state index in [-0.39, 0.29) is 24.5 Å². The van der Waals surface area contributed by atoms with Crippen molar-refractivity contribution in [2.75, 3.05) is 62.4 Å². The van der Waals surface area contributed by atoms with Crippen molar-refractivity contribution in [2.24, 2.45) is 0 Å². The number of nitrogens with zero attached hydrogens (tertiary/aromatic N) is 3. The summed E-state index contributed by atoms with van der Waals surface area (Å²) in [7, 11) is -0.982. The maximum absolute atomic E-state index is 13.0. The number of sulfonamides is 1. The molecule has 0 bridgehead atoms. The van der Waals surface area contributed by atoms with Crippen LogP contribution >= 0.6 is 0 Å². The maximum Gasteiger partial charge on any atom is 0.416 e. The summed E-state index contributed by atoms with van der Waals surface area (Å²) in [6.07, 6.45) is -3.44. The van der Waals surface area contributed by atoms with Gasteiger partial charge in [0.15, 0.2) is 0 Å². The van der Waals surface area contributed by atoms with Gasteiger partial charge in [0.1, 0.15) is 18.0 Å². The van der Waals surface area contributed by atoms with Crippen LogP contribution in [0.4, 0.5) is 24.5 Å². The predicted octanol–water partition coefficient (Wildman–Crippen LogP) is 2.84. The van der Waals surface area contributed by atoms with Crippen LogP contribution in [-0.2, 0) is 21.0 Å². The molecule has 1 amide bonds. The second kappa shape index (κ2) is 10.00. The molecule has 0 aromatic heterocycles. The van der Waals surface area contributed by atoms with Crippen molar-refractivity contribution in [3.63, 3.8) is 0 Å². The maximum atomic E-state index is 13.0. The second-order valence-electron chi connectivity index (χ2n) is 7.72. The van der Waals surface area contributed by atoms with Crippen molar-refractivity contribution in [2.45, 2.75) is 6.18 Å². The van der Waals surface area contributed by atoms with Gasteiger partial charge < -0.3 is 19.3 Å². The topological polar surface area (TPSA) is 79.4 Å². The van der Waals surface area contributed by atoms with Gasteiger partial charge in [-0.15, -0.1) is 0 Å². The molecule has 2 aromatic rings. The number of rotatable bonds is 7. The fraction of sp³-hybridized carbons (Fsp3) is 0.409. The Labute approximate surface area is 196 Å². The molecule has 0 atom stereocenters. The molecule has 0 aliphatic carbocycles. The van der Waals surface area contributed by atoms with Gasteiger partial charge in [-0.2, -0.15) is 13.2 Å². The van der Waals surface area contributed by atoms with Crippen LogP contribution in [0.5, 0.6) is 11.5 Å². The van der Waals surface area contributed by atoms with Crippen LogP contribution in [0, 0.1) is 0 Å². The summed E-state index contributed by atoms with van der Waals surface area (Å²) in [4.78, 5) is 16.2. The molecule has 1 saturated heterocycles. The van der Waals surface area contributed by atoms with Crippen molar-refractivity contribution in [1.82, 2.24) is 4.90 Å².